The van der Waals surface area contributed by atoms with Crippen molar-refractivity contribution < 1.29 is 13.2 Å². The minimum atomic E-state index is -1.23. The number of fused-ring (bicyclic) bond motifs is 1. The van der Waals surface area contributed by atoms with Crippen LogP contribution in [0.2, 0.25) is 0 Å². The molecule has 0 aliphatic heterocycles. The minimum Gasteiger partial charge on any atom is -0.385 e. The maximum atomic E-state index is 13.5. The van der Waals surface area contributed by atoms with Gasteiger partial charge < -0.3 is 5.32 Å². The van der Waals surface area contributed by atoms with Gasteiger partial charge in [0, 0.05) is 24.5 Å². The molecule has 0 spiro atoms. The Hall–Kier alpha value is -1.78. The lowest BCUT2D eigenvalue weighted by Crippen LogP contribution is -2.01. The molecule has 0 aliphatic carbocycles. The summed E-state index contributed by atoms with van der Waals surface area (Å²) >= 11 is 0. The summed E-state index contributed by atoms with van der Waals surface area (Å²) in [6, 6.07) is 2.05. The van der Waals surface area contributed by atoms with Crippen molar-refractivity contribution in [3.63, 3.8) is 0 Å². The number of nitrogens with zero attached hydrogens (tertiary/aromatic N) is 1. The van der Waals surface area contributed by atoms with Crippen LogP contribution in [0.25, 0.3) is 10.9 Å². The summed E-state index contributed by atoms with van der Waals surface area (Å²) in [4.78, 5) is 3.65. The highest BCUT2D eigenvalue weighted by Crippen LogP contribution is 2.27. The van der Waals surface area contributed by atoms with Crippen LogP contribution in [-0.4, -0.2) is 11.5 Å². The lowest BCUT2D eigenvalue weighted by molar-refractivity contribution is 0.504. The Labute approximate surface area is 90.1 Å². The molecule has 1 heterocycles. The Kier molecular flexibility index (Phi) is 2.68. The van der Waals surface area contributed by atoms with E-state index in [0.717, 1.165) is 0 Å². The second-order valence-electron chi connectivity index (χ2n) is 3.27. The van der Waals surface area contributed by atoms with E-state index in [2.05, 4.69) is 10.3 Å². The number of benzene rings is 1. The first-order chi connectivity index (χ1) is 7.65. The summed E-state index contributed by atoms with van der Waals surface area (Å²) in [5, 5.41) is 2.84. The largest absolute Gasteiger partial charge is 0.385 e. The molecular formula is C11H9F3N2. The van der Waals surface area contributed by atoms with Gasteiger partial charge in [0.05, 0.1) is 5.39 Å². The van der Waals surface area contributed by atoms with E-state index in [9.17, 15) is 13.2 Å². The molecule has 0 atom stereocenters. The maximum Gasteiger partial charge on any atom is 0.185 e. The zero-order chi connectivity index (χ0) is 11.7. The number of anilines is 1. The first-order valence-corrected chi connectivity index (χ1v) is 4.81. The van der Waals surface area contributed by atoms with Crippen molar-refractivity contribution in [1.82, 2.24) is 4.98 Å². The molecule has 0 amide bonds. The summed E-state index contributed by atoms with van der Waals surface area (Å²) in [7, 11) is 0. The van der Waals surface area contributed by atoms with Crippen LogP contribution in [-0.2, 0) is 0 Å². The number of hydrogen-bond acceptors (Lipinski definition) is 2. The fourth-order valence-corrected chi connectivity index (χ4v) is 1.57. The fraction of sp³-hybridized carbons (Fsp3) is 0.182. The SMILES string of the molecule is CCNc1ccnc2c(F)c(F)cc(F)c12. The lowest BCUT2D eigenvalue weighted by atomic mass is 10.1. The predicted octanol–water partition coefficient (Wildman–Crippen LogP) is 3.08. The highest BCUT2D eigenvalue weighted by atomic mass is 19.2. The molecule has 1 aromatic heterocycles. The fourth-order valence-electron chi connectivity index (χ4n) is 1.57. The van der Waals surface area contributed by atoms with Crippen LogP contribution < -0.4 is 5.32 Å². The molecule has 0 saturated carbocycles. The Balaban J connectivity index is 2.82. The monoisotopic (exact) mass is 226 g/mol. The Morgan fingerprint density at radius 3 is 2.69 bits per heavy atom. The summed E-state index contributed by atoms with van der Waals surface area (Å²) in [5.41, 5.74) is 0.111. The van der Waals surface area contributed by atoms with E-state index in [1.165, 1.54) is 12.3 Å². The third-order valence-electron chi connectivity index (χ3n) is 2.23. The molecule has 16 heavy (non-hydrogen) atoms. The lowest BCUT2D eigenvalue weighted by Gasteiger charge is -2.08. The van der Waals surface area contributed by atoms with Crippen LogP contribution in [0.3, 0.4) is 0 Å². The molecular weight excluding hydrogens is 217 g/mol. The van der Waals surface area contributed by atoms with Crippen molar-refractivity contribution in [3.8, 4) is 0 Å². The molecule has 0 unspecified atom stereocenters. The number of halogens is 3. The van der Waals surface area contributed by atoms with Gasteiger partial charge in [-0.05, 0) is 13.0 Å². The van der Waals surface area contributed by atoms with Gasteiger partial charge in [-0.1, -0.05) is 0 Å². The van der Waals surface area contributed by atoms with E-state index in [1.54, 1.807) is 0 Å². The molecule has 0 aliphatic rings. The third kappa shape index (κ3) is 1.58. The number of aromatic nitrogens is 1. The van der Waals surface area contributed by atoms with E-state index in [-0.39, 0.29) is 10.9 Å². The molecule has 0 fully saturated rings. The van der Waals surface area contributed by atoms with Gasteiger partial charge in [0.15, 0.2) is 11.6 Å². The molecule has 0 radical (unpaired) electrons. The van der Waals surface area contributed by atoms with E-state index < -0.39 is 17.5 Å². The van der Waals surface area contributed by atoms with Crippen molar-refractivity contribution in [1.29, 1.82) is 0 Å². The first kappa shape index (κ1) is 10.7. The van der Waals surface area contributed by atoms with Gasteiger partial charge in [0.25, 0.3) is 0 Å². The number of hydrogen-bond donors (Lipinski definition) is 1. The molecule has 0 bridgehead atoms. The number of pyridine rings is 1. The van der Waals surface area contributed by atoms with E-state index in [4.69, 9.17) is 0 Å². The molecule has 1 aromatic carbocycles. The minimum absolute atomic E-state index is 0.0248. The van der Waals surface area contributed by atoms with Crippen molar-refractivity contribution in [2.24, 2.45) is 0 Å². The summed E-state index contributed by atoms with van der Waals surface area (Å²) < 4.78 is 39.8. The van der Waals surface area contributed by atoms with Crippen LogP contribution in [0.5, 0.6) is 0 Å². The highest BCUT2D eigenvalue weighted by Gasteiger charge is 2.15. The average molecular weight is 226 g/mol. The molecule has 2 rings (SSSR count). The summed E-state index contributed by atoms with van der Waals surface area (Å²) in [5.74, 6) is -3.18. The van der Waals surface area contributed by atoms with Gasteiger partial charge in [-0.3, -0.25) is 4.98 Å². The standard InChI is InChI=1S/C11H9F3N2/c1-2-15-8-3-4-16-11-9(8)6(12)5-7(13)10(11)14/h3-5H,2H2,1H3,(H,15,16). The van der Waals surface area contributed by atoms with Crippen LogP contribution in [0.1, 0.15) is 6.92 Å². The van der Waals surface area contributed by atoms with Gasteiger partial charge >= 0.3 is 0 Å². The number of nitrogens with one attached hydrogen (secondary N) is 1. The van der Waals surface area contributed by atoms with Gasteiger partial charge in [0.1, 0.15) is 11.3 Å². The van der Waals surface area contributed by atoms with E-state index >= 15 is 0 Å². The Bertz CT molecular complexity index is 540. The first-order valence-electron chi connectivity index (χ1n) is 4.81. The van der Waals surface area contributed by atoms with Crippen LogP contribution in [0, 0.1) is 17.5 Å². The van der Waals surface area contributed by atoms with Crippen LogP contribution in [0.15, 0.2) is 18.3 Å². The Morgan fingerprint density at radius 1 is 1.25 bits per heavy atom. The van der Waals surface area contributed by atoms with Crippen molar-refractivity contribution >= 4 is 16.6 Å². The topological polar surface area (TPSA) is 24.9 Å². The van der Waals surface area contributed by atoms with Gasteiger partial charge in [-0.2, -0.15) is 0 Å². The zero-order valence-corrected chi connectivity index (χ0v) is 8.52. The summed E-state index contributed by atoms with van der Waals surface area (Å²) in [6.45, 7) is 2.38. The second kappa shape index (κ2) is 4.00. The van der Waals surface area contributed by atoms with Crippen molar-refractivity contribution in [2.45, 2.75) is 6.92 Å². The molecule has 84 valence electrons. The molecule has 5 heteroatoms. The molecule has 2 nitrogen and oxygen atoms in total. The van der Waals surface area contributed by atoms with Crippen molar-refractivity contribution in [3.05, 3.63) is 35.8 Å². The second-order valence-corrected chi connectivity index (χ2v) is 3.27. The predicted molar refractivity (Wildman–Crippen MR) is 55.8 cm³/mol. The van der Waals surface area contributed by atoms with Gasteiger partial charge in [-0.25, -0.2) is 13.2 Å². The van der Waals surface area contributed by atoms with Crippen LogP contribution in [0.4, 0.5) is 18.9 Å². The van der Waals surface area contributed by atoms with E-state index in [1.807, 2.05) is 6.92 Å². The normalized spacial score (nSPS) is 10.8. The smallest absolute Gasteiger partial charge is 0.185 e. The molecule has 1 N–H and O–H groups in total. The summed E-state index contributed by atoms with van der Waals surface area (Å²) in [6.07, 6.45) is 1.31. The van der Waals surface area contributed by atoms with Crippen molar-refractivity contribution in [2.75, 3.05) is 11.9 Å². The quantitative estimate of drug-likeness (QED) is 0.796. The molecule has 2 aromatic rings. The average Bonchev–Trinajstić information content (AvgIpc) is 2.26. The number of rotatable bonds is 2. The molecule has 0 saturated heterocycles. The maximum absolute atomic E-state index is 13.5. The van der Waals surface area contributed by atoms with Gasteiger partial charge in [0.2, 0.25) is 0 Å². The third-order valence-corrected chi connectivity index (χ3v) is 2.23. The van der Waals surface area contributed by atoms with Crippen LogP contribution >= 0.6 is 0 Å². The van der Waals surface area contributed by atoms with E-state index in [0.29, 0.717) is 18.3 Å². The zero-order valence-electron chi connectivity index (χ0n) is 8.52. The van der Waals surface area contributed by atoms with Gasteiger partial charge in [-0.15, -0.1) is 0 Å². The Morgan fingerprint density at radius 2 is 2.00 bits per heavy atom. The highest BCUT2D eigenvalue weighted by molar-refractivity contribution is 5.91.